The van der Waals surface area contributed by atoms with E-state index in [1.165, 1.54) is 10.9 Å². The van der Waals surface area contributed by atoms with Crippen molar-refractivity contribution in [1.29, 1.82) is 0 Å². The maximum Gasteiger partial charge on any atom is 0.274 e. The van der Waals surface area contributed by atoms with E-state index in [4.69, 9.17) is 0 Å². The number of carbonyl (C=O) groups is 2. The molecule has 0 saturated heterocycles. The van der Waals surface area contributed by atoms with Crippen molar-refractivity contribution in [3.8, 4) is 11.4 Å². The average molecular weight is 415 g/mol. The molecule has 1 N–H and O–H groups in total. The molecular weight excluding hydrogens is 394 g/mol. The minimum atomic E-state index is -0.403. The van der Waals surface area contributed by atoms with Crippen LogP contribution >= 0.6 is 0 Å². The van der Waals surface area contributed by atoms with Crippen LogP contribution in [0.2, 0.25) is 0 Å². The molecule has 3 aromatic heterocycles. The molecule has 2 amide bonds. The Kier molecular flexibility index (Phi) is 4.50. The van der Waals surface area contributed by atoms with Crippen molar-refractivity contribution >= 4 is 23.1 Å². The van der Waals surface area contributed by atoms with E-state index in [1.807, 2.05) is 30.3 Å². The minimum Gasteiger partial charge on any atom is -0.339 e. The second-order valence-electron chi connectivity index (χ2n) is 7.65. The number of amides is 2. The summed E-state index contributed by atoms with van der Waals surface area (Å²) in [5, 5.41) is 11.5. The number of rotatable bonds is 5. The van der Waals surface area contributed by atoms with Crippen molar-refractivity contribution in [3.63, 3.8) is 0 Å². The number of pyridine rings is 1. The number of benzene rings is 1. The summed E-state index contributed by atoms with van der Waals surface area (Å²) in [5.74, 6) is 0.00700. The van der Waals surface area contributed by atoms with Crippen LogP contribution in [0.5, 0.6) is 0 Å². The first kappa shape index (κ1) is 19.0. The molecule has 0 radical (unpaired) electrons. The van der Waals surface area contributed by atoms with E-state index in [-0.39, 0.29) is 17.6 Å². The number of anilines is 1. The van der Waals surface area contributed by atoms with E-state index in [9.17, 15) is 9.59 Å². The second kappa shape index (κ2) is 7.35. The van der Waals surface area contributed by atoms with Gasteiger partial charge in [-0.25, -0.2) is 9.50 Å². The van der Waals surface area contributed by atoms with Gasteiger partial charge < -0.3 is 10.2 Å². The molecule has 1 aliphatic rings. The molecule has 5 rings (SSSR count). The summed E-state index contributed by atoms with van der Waals surface area (Å²) in [4.78, 5) is 32.0. The molecule has 9 heteroatoms. The maximum atomic E-state index is 13.0. The summed E-state index contributed by atoms with van der Waals surface area (Å²) >= 11 is 0. The normalized spacial score (nSPS) is 13.4. The third kappa shape index (κ3) is 3.54. The molecule has 31 heavy (non-hydrogen) atoms. The van der Waals surface area contributed by atoms with Gasteiger partial charge in [0.05, 0.1) is 11.8 Å². The van der Waals surface area contributed by atoms with Gasteiger partial charge >= 0.3 is 0 Å². The summed E-state index contributed by atoms with van der Waals surface area (Å²) in [5.41, 5.74) is 2.59. The molecular formula is C22H21N7O2. The van der Waals surface area contributed by atoms with E-state index in [1.54, 1.807) is 41.8 Å². The Morgan fingerprint density at radius 3 is 2.68 bits per heavy atom. The number of nitrogens with one attached hydrogen (secondary N) is 1. The van der Waals surface area contributed by atoms with Gasteiger partial charge in [-0.3, -0.25) is 14.3 Å². The summed E-state index contributed by atoms with van der Waals surface area (Å²) in [6, 6.07) is 13.4. The van der Waals surface area contributed by atoms with Gasteiger partial charge in [0.25, 0.3) is 11.8 Å². The molecule has 1 aliphatic carbocycles. The summed E-state index contributed by atoms with van der Waals surface area (Å²) in [6.45, 7) is 0. The quantitative estimate of drug-likeness (QED) is 0.540. The van der Waals surface area contributed by atoms with Crippen LogP contribution < -0.4 is 5.32 Å². The first-order valence-electron chi connectivity index (χ1n) is 10.0. The smallest absolute Gasteiger partial charge is 0.274 e. The van der Waals surface area contributed by atoms with E-state index < -0.39 is 5.91 Å². The standard InChI is InChI=1S/C22H21N7O2/c1-27(16-8-9-16)22(31)17-13-23-28(2)19(17)21(30)24-15-10-11-29-18(12-15)25-20(26-29)14-6-4-3-5-7-14/h3-7,10-13,16H,8-9H2,1-2H3,(H,24,30). The minimum absolute atomic E-state index is 0.193. The first-order chi connectivity index (χ1) is 15.0. The van der Waals surface area contributed by atoms with Crippen molar-refractivity contribution in [2.24, 2.45) is 7.05 Å². The predicted octanol–water partition coefficient (Wildman–Crippen LogP) is 2.62. The van der Waals surface area contributed by atoms with Gasteiger partial charge in [0.1, 0.15) is 5.69 Å². The molecule has 4 aromatic rings. The van der Waals surface area contributed by atoms with E-state index in [0.29, 0.717) is 22.7 Å². The molecule has 1 aromatic carbocycles. The van der Waals surface area contributed by atoms with Gasteiger partial charge in [-0.05, 0) is 18.9 Å². The average Bonchev–Trinajstić information content (AvgIpc) is 3.43. The summed E-state index contributed by atoms with van der Waals surface area (Å²) < 4.78 is 3.08. The zero-order valence-corrected chi connectivity index (χ0v) is 17.2. The molecule has 1 saturated carbocycles. The maximum absolute atomic E-state index is 13.0. The van der Waals surface area contributed by atoms with Crippen LogP contribution in [-0.2, 0) is 7.05 Å². The van der Waals surface area contributed by atoms with Crippen LogP contribution in [0.4, 0.5) is 5.69 Å². The molecule has 9 nitrogen and oxygen atoms in total. The molecule has 0 spiro atoms. The van der Waals surface area contributed by atoms with Crippen LogP contribution in [0.15, 0.2) is 54.9 Å². The lowest BCUT2D eigenvalue weighted by atomic mass is 10.2. The van der Waals surface area contributed by atoms with Crippen molar-refractivity contribution in [2.45, 2.75) is 18.9 Å². The third-order valence-corrected chi connectivity index (χ3v) is 5.43. The first-order valence-corrected chi connectivity index (χ1v) is 10.0. The van der Waals surface area contributed by atoms with Gasteiger partial charge in [-0.2, -0.15) is 5.10 Å². The fourth-order valence-corrected chi connectivity index (χ4v) is 3.54. The Bertz CT molecular complexity index is 1290. The molecule has 0 atom stereocenters. The lowest BCUT2D eigenvalue weighted by molar-refractivity contribution is 0.0779. The highest BCUT2D eigenvalue weighted by molar-refractivity contribution is 6.11. The zero-order chi connectivity index (χ0) is 21.5. The van der Waals surface area contributed by atoms with Crippen LogP contribution in [0.1, 0.15) is 33.7 Å². The van der Waals surface area contributed by atoms with Crippen molar-refractivity contribution in [2.75, 3.05) is 12.4 Å². The van der Waals surface area contributed by atoms with E-state index in [0.717, 1.165) is 18.4 Å². The number of carbonyl (C=O) groups excluding carboxylic acids is 2. The van der Waals surface area contributed by atoms with Gasteiger partial charge in [0.15, 0.2) is 11.5 Å². The summed E-state index contributed by atoms with van der Waals surface area (Å²) in [6.07, 6.45) is 5.17. The summed E-state index contributed by atoms with van der Waals surface area (Å²) in [7, 11) is 3.41. The van der Waals surface area contributed by atoms with Crippen LogP contribution in [-0.4, -0.2) is 54.2 Å². The number of aryl methyl sites for hydroxylation is 1. The van der Waals surface area contributed by atoms with Crippen LogP contribution in [0.25, 0.3) is 17.0 Å². The highest BCUT2D eigenvalue weighted by atomic mass is 16.2. The zero-order valence-electron chi connectivity index (χ0n) is 17.2. The molecule has 3 heterocycles. The molecule has 1 fully saturated rings. The Hall–Kier alpha value is -4.01. The van der Waals surface area contributed by atoms with Gasteiger partial charge in [0, 0.05) is 43.7 Å². The lowest BCUT2D eigenvalue weighted by Crippen LogP contribution is -2.30. The molecule has 0 bridgehead atoms. The van der Waals surface area contributed by atoms with Crippen molar-refractivity contribution in [3.05, 3.63) is 66.1 Å². The predicted molar refractivity (Wildman–Crippen MR) is 115 cm³/mol. The number of nitrogens with zero attached hydrogens (tertiary/aromatic N) is 6. The second-order valence-corrected chi connectivity index (χ2v) is 7.65. The SMILES string of the molecule is CN(C(=O)c1cnn(C)c1C(=O)Nc1ccn2nc(-c3ccccc3)nc2c1)C1CC1. The number of fused-ring (bicyclic) bond motifs is 1. The van der Waals surface area contributed by atoms with Crippen LogP contribution in [0, 0.1) is 0 Å². The lowest BCUT2D eigenvalue weighted by Gasteiger charge is -2.16. The molecule has 0 aliphatic heterocycles. The van der Waals surface area contributed by atoms with E-state index in [2.05, 4.69) is 20.5 Å². The number of hydrogen-bond donors (Lipinski definition) is 1. The molecule has 0 unspecified atom stereocenters. The van der Waals surface area contributed by atoms with Gasteiger partial charge in [0.2, 0.25) is 0 Å². The Balaban J connectivity index is 1.40. The van der Waals surface area contributed by atoms with Gasteiger partial charge in [-0.1, -0.05) is 30.3 Å². The highest BCUT2D eigenvalue weighted by Crippen LogP contribution is 2.27. The Morgan fingerprint density at radius 1 is 1.16 bits per heavy atom. The van der Waals surface area contributed by atoms with E-state index >= 15 is 0 Å². The highest BCUT2D eigenvalue weighted by Gasteiger charge is 2.33. The fraction of sp³-hybridized carbons (Fsp3) is 0.227. The molecule has 156 valence electrons. The Labute approximate surface area is 178 Å². The third-order valence-electron chi connectivity index (χ3n) is 5.43. The number of aromatic nitrogens is 5. The van der Waals surface area contributed by atoms with Gasteiger partial charge in [-0.15, -0.1) is 5.10 Å². The van der Waals surface area contributed by atoms with Crippen molar-refractivity contribution < 1.29 is 9.59 Å². The fourth-order valence-electron chi connectivity index (χ4n) is 3.54. The monoisotopic (exact) mass is 415 g/mol. The van der Waals surface area contributed by atoms with Crippen LogP contribution in [0.3, 0.4) is 0 Å². The topological polar surface area (TPSA) is 97.4 Å². The van der Waals surface area contributed by atoms with Crippen molar-refractivity contribution in [1.82, 2.24) is 29.3 Å². The number of hydrogen-bond acceptors (Lipinski definition) is 5. The largest absolute Gasteiger partial charge is 0.339 e. The Morgan fingerprint density at radius 2 is 1.94 bits per heavy atom.